The quantitative estimate of drug-likeness (QED) is 0.176. The Labute approximate surface area is 295 Å². The van der Waals surface area contributed by atoms with Crippen LogP contribution in [0.1, 0.15) is 93.1 Å². The summed E-state index contributed by atoms with van der Waals surface area (Å²) >= 11 is 0. The summed E-state index contributed by atoms with van der Waals surface area (Å²) in [6, 6.07) is 10.00. The largest absolute Gasteiger partial charge is 0.459 e. The van der Waals surface area contributed by atoms with Crippen LogP contribution in [0.2, 0.25) is 0 Å². The highest BCUT2D eigenvalue weighted by Gasteiger charge is 2.50. The Balaban J connectivity index is 1.97. The molecule has 280 valence electrons. The van der Waals surface area contributed by atoms with Crippen molar-refractivity contribution in [1.82, 2.24) is 10.2 Å². The van der Waals surface area contributed by atoms with Crippen molar-refractivity contribution < 1.29 is 38.7 Å². The van der Waals surface area contributed by atoms with Crippen molar-refractivity contribution in [3.63, 3.8) is 0 Å². The van der Waals surface area contributed by atoms with E-state index in [1.165, 1.54) is 5.56 Å². The van der Waals surface area contributed by atoms with E-state index in [4.69, 9.17) is 18.9 Å². The number of likely N-dealkylation sites (N-methyl/N-ethyl adjacent to an activating group) is 1. The van der Waals surface area contributed by atoms with Gasteiger partial charge in [0.15, 0.2) is 12.1 Å². The number of methoxy groups -OCH3 is 1. The van der Waals surface area contributed by atoms with Crippen LogP contribution in [0.3, 0.4) is 0 Å². The summed E-state index contributed by atoms with van der Waals surface area (Å²) in [6.45, 7) is 16.6. The highest BCUT2D eigenvalue weighted by Crippen LogP contribution is 2.41. The predicted molar refractivity (Wildman–Crippen MR) is 191 cm³/mol. The van der Waals surface area contributed by atoms with Crippen LogP contribution in [0.15, 0.2) is 30.3 Å². The van der Waals surface area contributed by atoms with Crippen LogP contribution in [0.25, 0.3) is 0 Å². The van der Waals surface area contributed by atoms with Crippen molar-refractivity contribution in [2.45, 2.75) is 142 Å². The Morgan fingerprint density at radius 2 is 1.69 bits per heavy atom. The van der Waals surface area contributed by atoms with Gasteiger partial charge in [-0.25, -0.2) is 0 Å². The van der Waals surface area contributed by atoms with Gasteiger partial charge in [0, 0.05) is 25.6 Å². The van der Waals surface area contributed by atoms with Crippen LogP contribution in [0, 0.1) is 29.6 Å². The molecule has 2 aliphatic heterocycles. The fourth-order valence-electron chi connectivity index (χ4n) is 8.48. The number of nitrogens with zero attached hydrogens (tertiary/aromatic N) is 1. The zero-order chi connectivity index (χ0) is 36.7. The van der Waals surface area contributed by atoms with E-state index in [9.17, 15) is 19.8 Å². The van der Waals surface area contributed by atoms with E-state index >= 15 is 0 Å². The number of aliphatic hydroxyl groups excluding tert-OH is 1. The number of esters is 1. The molecule has 10 nitrogen and oxygen atoms in total. The Kier molecular flexibility index (Phi) is 15.3. The van der Waals surface area contributed by atoms with Gasteiger partial charge in [-0.2, -0.15) is 0 Å². The summed E-state index contributed by atoms with van der Waals surface area (Å²) in [5, 5.41) is 27.1. The van der Waals surface area contributed by atoms with Gasteiger partial charge in [-0.1, -0.05) is 58.0 Å². The number of carbonyl (C=O) groups excluding carboxylic acids is 2. The highest BCUT2D eigenvalue weighted by molar-refractivity contribution is 6.00. The minimum atomic E-state index is -1.33. The molecule has 10 heteroatoms. The molecule has 2 saturated heterocycles. The summed E-state index contributed by atoms with van der Waals surface area (Å²) in [7, 11) is 5.45. The van der Waals surface area contributed by atoms with E-state index in [2.05, 4.69) is 31.3 Å². The molecule has 0 spiro atoms. The number of rotatable bonds is 10. The van der Waals surface area contributed by atoms with Gasteiger partial charge in [0.05, 0.1) is 17.8 Å². The number of nitrogens with one attached hydrogen (secondary N) is 1. The summed E-state index contributed by atoms with van der Waals surface area (Å²) in [4.78, 5) is 29.8. The van der Waals surface area contributed by atoms with Crippen LogP contribution < -0.4 is 5.32 Å². The number of Topliss-reactive ketones (excluding diaryl/α,β-unsaturated/α-hetero) is 1. The zero-order valence-corrected chi connectivity index (χ0v) is 32.0. The SMILES string of the molecule is CC[C@H]1OC(=O)C(C)C(=O)[C@@H](C)[C@@H](O[C@@H]2O[C@H](C)C[C@H](N(C)C)[C@H]2O)[C@](C)(OC)C[C@@H](C)CC(C)[C@H](CCNCc2ccccc2)[C@]1(C)O. The van der Waals surface area contributed by atoms with E-state index in [-0.39, 0.29) is 35.7 Å². The number of ether oxygens (including phenoxy) is 4. The number of hydrogen-bond donors (Lipinski definition) is 3. The van der Waals surface area contributed by atoms with Crippen LogP contribution in [0.4, 0.5) is 0 Å². The monoisotopic (exact) mass is 690 g/mol. The summed E-state index contributed by atoms with van der Waals surface area (Å²) in [6.07, 6.45) is -0.736. The van der Waals surface area contributed by atoms with Crippen LogP contribution in [-0.2, 0) is 35.1 Å². The van der Waals surface area contributed by atoms with E-state index < -0.39 is 53.6 Å². The zero-order valence-electron chi connectivity index (χ0n) is 32.0. The smallest absolute Gasteiger partial charge is 0.316 e. The van der Waals surface area contributed by atoms with Crippen molar-refractivity contribution in [3.05, 3.63) is 35.9 Å². The van der Waals surface area contributed by atoms with Crippen molar-refractivity contribution in [2.24, 2.45) is 29.6 Å². The lowest BCUT2D eigenvalue weighted by Gasteiger charge is -2.47. The molecule has 0 aliphatic carbocycles. The molecule has 2 unspecified atom stereocenters. The molecular weight excluding hydrogens is 624 g/mol. The van der Waals surface area contributed by atoms with Crippen LogP contribution in [-0.4, -0.2) is 103 Å². The second-order valence-corrected chi connectivity index (χ2v) is 15.7. The number of aliphatic hydroxyl groups is 2. The summed E-state index contributed by atoms with van der Waals surface area (Å²) in [5.74, 6) is -2.97. The number of hydrogen-bond acceptors (Lipinski definition) is 10. The van der Waals surface area contributed by atoms with Gasteiger partial charge in [-0.3, -0.25) is 9.59 Å². The molecule has 2 heterocycles. The number of ketones is 1. The number of carbonyl (C=O) groups is 2. The first kappa shape index (κ1) is 41.5. The standard InChI is InChI=1S/C39H66N2O8/c1-12-32-39(8,45)30(18-19-40-23-29-16-14-13-15-17-29)25(3)20-24(2)22-38(7,46-11)35(27(5)33(42)28(6)36(44)48-32)49-37-34(43)31(41(9)10)21-26(4)47-37/h13-17,24-28,30-32,34-35,37,40,43,45H,12,18-23H2,1-11H3/t24-,25?,26+,27+,28?,30-,31-,32+,34+,35+,37-,38+,39-/m0/s1. The molecule has 13 atom stereocenters. The molecule has 0 aromatic heterocycles. The Bertz CT molecular complexity index is 1180. The highest BCUT2D eigenvalue weighted by atomic mass is 16.7. The van der Waals surface area contributed by atoms with Gasteiger partial charge in [0.1, 0.15) is 23.7 Å². The summed E-state index contributed by atoms with van der Waals surface area (Å²) < 4.78 is 25.1. The molecule has 2 fully saturated rings. The third-order valence-electron chi connectivity index (χ3n) is 11.4. The first-order chi connectivity index (χ1) is 23.0. The lowest BCUT2D eigenvalue weighted by atomic mass is 9.70. The normalized spacial score (nSPS) is 40.2. The van der Waals surface area contributed by atoms with Gasteiger partial charge in [-0.05, 0) is 104 Å². The van der Waals surface area contributed by atoms with Crippen molar-refractivity contribution in [2.75, 3.05) is 27.7 Å². The molecule has 0 radical (unpaired) electrons. The molecule has 0 bridgehead atoms. The minimum absolute atomic E-state index is 0.0568. The van der Waals surface area contributed by atoms with Crippen molar-refractivity contribution in [1.29, 1.82) is 0 Å². The maximum absolute atomic E-state index is 14.1. The minimum Gasteiger partial charge on any atom is -0.459 e. The van der Waals surface area contributed by atoms with Gasteiger partial charge >= 0.3 is 5.97 Å². The lowest BCUT2D eigenvalue weighted by Crippen LogP contribution is -2.59. The maximum Gasteiger partial charge on any atom is 0.316 e. The Morgan fingerprint density at radius 1 is 1.04 bits per heavy atom. The molecule has 2 aliphatic rings. The van der Waals surface area contributed by atoms with Gasteiger partial charge in [0.25, 0.3) is 0 Å². The average Bonchev–Trinajstić information content (AvgIpc) is 3.05. The maximum atomic E-state index is 14.1. The average molecular weight is 691 g/mol. The first-order valence-corrected chi connectivity index (χ1v) is 18.4. The van der Waals surface area contributed by atoms with E-state index in [0.29, 0.717) is 38.8 Å². The second-order valence-electron chi connectivity index (χ2n) is 15.7. The molecule has 1 aromatic rings. The lowest BCUT2D eigenvalue weighted by molar-refractivity contribution is -0.295. The molecule has 3 N–H and O–H groups in total. The van der Waals surface area contributed by atoms with Crippen LogP contribution >= 0.6 is 0 Å². The fraction of sp³-hybridized carbons (Fsp3) is 0.795. The van der Waals surface area contributed by atoms with Gasteiger partial charge in [-0.15, -0.1) is 0 Å². The third-order valence-corrected chi connectivity index (χ3v) is 11.4. The van der Waals surface area contributed by atoms with E-state index in [0.717, 1.165) is 6.42 Å². The van der Waals surface area contributed by atoms with Gasteiger partial charge < -0.3 is 39.4 Å². The van der Waals surface area contributed by atoms with Crippen molar-refractivity contribution in [3.8, 4) is 0 Å². The fourth-order valence-corrected chi connectivity index (χ4v) is 8.48. The molecule has 49 heavy (non-hydrogen) atoms. The van der Waals surface area contributed by atoms with Crippen molar-refractivity contribution >= 4 is 11.8 Å². The molecule has 0 saturated carbocycles. The van der Waals surface area contributed by atoms with E-state index in [1.54, 1.807) is 27.9 Å². The molecule has 0 amide bonds. The number of cyclic esters (lactones) is 1. The third kappa shape index (κ3) is 10.3. The predicted octanol–water partition coefficient (Wildman–Crippen LogP) is 4.98. The molecular formula is C39H66N2O8. The first-order valence-electron chi connectivity index (χ1n) is 18.4. The number of benzene rings is 1. The molecule has 1 aromatic carbocycles. The van der Waals surface area contributed by atoms with Gasteiger partial charge in [0.2, 0.25) is 0 Å². The second kappa shape index (κ2) is 18.0. The van der Waals surface area contributed by atoms with Crippen LogP contribution in [0.5, 0.6) is 0 Å². The Hall–Kier alpha value is -1.92. The Morgan fingerprint density at radius 3 is 2.29 bits per heavy atom. The van der Waals surface area contributed by atoms with E-state index in [1.807, 2.05) is 58.0 Å². The topological polar surface area (TPSA) is 127 Å². The molecule has 3 rings (SSSR count). The summed E-state index contributed by atoms with van der Waals surface area (Å²) in [5.41, 5.74) is -1.12.